The summed E-state index contributed by atoms with van der Waals surface area (Å²) in [7, 11) is 0. The third-order valence-electron chi connectivity index (χ3n) is 2.21. The molecule has 0 amide bonds. The Morgan fingerprint density at radius 2 is 1.93 bits per heavy atom. The zero-order valence-electron chi connectivity index (χ0n) is 7.07. The first-order chi connectivity index (χ1) is 6.84. The molecule has 0 fully saturated rings. The summed E-state index contributed by atoms with van der Waals surface area (Å²) in [5, 5.41) is 10.4. The highest BCUT2D eigenvalue weighted by Crippen LogP contribution is 2.25. The molecule has 1 heterocycles. The molecule has 2 aromatic carbocycles. The van der Waals surface area contributed by atoms with Crippen molar-refractivity contribution in [1.82, 2.24) is 10.3 Å². The van der Waals surface area contributed by atoms with E-state index in [2.05, 4.69) is 14.9 Å². The quantitative estimate of drug-likeness (QED) is 0.565. The Kier molecular flexibility index (Phi) is 1.49. The summed E-state index contributed by atoms with van der Waals surface area (Å²) < 4.78 is 4.67. The molecule has 3 aromatic rings. The molecule has 0 bridgehead atoms. The standard InChI is InChI=1S/C10H5ClN2O/c11-7-3-1-6-2-4-9-10(8(6)5-7)13-14-12-9/h1-5H. The van der Waals surface area contributed by atoms with Crippen LogP contribution in [0.3, 0.4) is 0 Å². The maximum absolute atomic E-state index is 5.91. The first-order valence-corrected chi connectivity index (χ1v) is 4.53. The van der Waals surface area contributed by atoms with Crippen LogP contribution in [-0.4, -0.2) is 10.3 Å². The second kappa shape index (κ2) is 2.69. The normalized spacial score (nSPS) is 11.2. The van der Waals surface area contributed by atoms with Gasteiger partial charge in [-0.2, -0.15) is 0 Å². The van der Waals surface area contributed by atoms with Crippen molar-refractivity contribution in [1.29, 1.82) is 0 Å². The van der Waals surface area contributed by atoms with Gasteiger partial charge in [0.15, 0.2) is 0 Å². The topological polar surface area (TPSA) is 38.9 Å². The molecule has 3 rings (SSSR count). The fourth-order valence-electron chi connectivity index (χ4n) is 1.54. The van der Waals surface area contributed by atoms with Crippen LogP contribution in [0.5, 0.6) is 0 Å². The zero-order chi connectivity index (χ0) is 9.54. The number of halogens is 1. The van der Waals surface area contributed by atoms with E-state index in [4.69, 9.17) is 11.6 Å². The molecule has 0 radical (unpaired) electrons. The minimum Gasteiger partial charge on any atom is -0.243 e. The third-order valence-corrected chi connectivity index (χ3v) is 2.44. The number of aromatic nitrogens is 2. The highest BCUT2D eigenvalue weighted by molar-refractivity contribution is 6.31. The van der Waals surface area contributed by atoms with Gasteiger partial charge in [0.05, 0.1) is 0 Å². The minimum absolute atomic E-state index is 0.688. The molecular formula is C10H5ClN2O. The lowest BCUT2D eigenvalue weighted by atomic mass is 10.1. The van der Waals surface area contributed by atoms with E-state index >= 15 is 0 Å². The first-order valence-electron chi connectivity index (χ1n) is 4.15. The van der Waals surface area contributed by atoms with Crippen LogP contribution in [-0.2, 0) is 0 Å². The molecule has 0 N–H and O–H groups in total. The van der Waals surface area contributed by atoms with Crippen LogP contribution < -0.4 is 0 Å². The Bertz CT molecular complexity index is 618. The van der Waals surface area contributed by atoms with Gasteiger partial charge in [0.1, 0.15) is 11.0 Å². The fraction of sp³-hybridized carbons (Fsp3) is 0. The predicted octanol–water partition coefficient (Wildman–Crippen LogP) is 3.03. The SMILES string of the molecule is Clc1ccc2ccc3nonc3c2c1. The molecule has 0 aliphatic carbocycles. The van der Waals surface area contributed by atoms with Crippen molar-refractivity contribution in [2.45, 2.75) is 0 Å². The zero-order valence-corrected chi connectivity index (χ0v) is 7.82. The summed E-state index contributed by atoms with van der Waals surface area (Å²) in [5.41, 5.74) is 1.50. The van der Waals surface area contributed by atoms with Crippen molar-refractivity contribution in [3.63, 3.8) is 0 Å². The monoisotopic (exact) mass is 204 g/mol. The molecule has 0 atom stereocenters. The summed E-state index contributed by atoms with van der Waals surface area (Å²) >= 11 is 5.91. The van der Waals surface area contributed by atoms with Crippen molar-refractivity contribution in [2.75, 3.05) is 0 Å². The maximum atomic E-state index is 5.91. The fourth-order valence-corrected chi connectivity index (χ4v) is 1.71. The number of fused-ring (bicyclic) bond motifs is 3. The Labute approximate surface area is 84.2 Å². The molecule has 0 saturated carbocycles. The van der Waals surface area contributed by atoms with Crippen LogP contribution in [0.4, 0.5) is 0 Å². The Balaban J connectivity index is 2.60. The summed E-state index contributed by atoms with van der Waals surface area (Å²) in [4.78, 5) is 0. The van der Waals surface area contributed by atoms with Crippen molar-refractivity contribution >= 4 is 33.4 Å². The summed E-state index contributed by atoms with van der Waals surface area (Å²) in [6.07, 6.45) is 0. The van der Waals surface area contributed by atoms with Crippen LogP contribution in [0.25, 0.3) is 21.8 Å². The highest BCUT2D eigenvalue weighted by atomic mass is 35.5. The average Bonchev–Trinajstić information content (AvgIpc) is 2.65. The molecule has 4 heteroatoms. The lowest BCUT2D eigenvalue weighted by Gasteiger charge is -1.96. The number of hydrogen-bond acceptors (Lipinski definition) is 3. The van der Waals surface area contributed by atoms with Crippen LogP contribution >= 0.6 is 11.6 Å². The molecular weight excluding hydrogens is 200 g/mol. The number of rotatable bonds is 0. The smallest absolute Gasteiger partial charge is 0.143 e. The second-order valence-corrected chi connectivity index (χ2v) is 3.50. The van der Waals surface area contributed by atoms with Gasteiger partial charge in [-0.15, -0.1) is 0 Å². The lowest BCUT2D eigenvalue weighted by molar-refractivity contribution is 0.316. The van der Waals surface area contributed by atoms with Gasteiger partial charge in [0.25, 0.3) is 0 Å². The summed E-state index contributed by atoms with van der Waals surface area (Å²) in [6, 6.07) is 9.51. The van der Waals surface area contributed by atoms with E-state index in [0.717, 1.165) is 21.8 Å². The van der Waals surface area contributed by atoms with Gasteiger partial charge >= 0.3 is 0 Å². The van der Waals surface area contributed by atoms with E-state index in [1.54, 1.807) is 0 Å². The number of nitrogens with zero attached hydrogens (tertiary/aromatic N) is 2. The van der Waals surface area contributed by atoms with Crippen molar-refractivity contribution < 1.29 is 4.63 Å². The van der Waals surface area contributed by atoms with E-state index in [-0.39, 0.29) is 0 Å². The van der Waals surface area contributed by atoms with Gasteiger partial charge in [-0.3, -0.25) is 0 Å². The van der Waals surface area contributed by atoms with E-state index in [1.165, 1.54) is 0 Å². The Hall–Kier alpha value is -1.61. The lowest BCUT2D eigenvalue weighted by Crippen LogP contribution is -1.75. The minimum atomic E-state index is 0.688. The van der Waals surface area contributed by atoms with Crippen molar-refractivity contribution in [3.8, 4) is 0 Å². The van der Waals surface area contributed by atoms with Gasteiger partial charge in [-0.05, 0) is 33.9 Å². The van der Waals surface area contributed by atoms with Gasteiger partial charge in [0, 0.05) is 10.4 Å². The second-order valence-electron chi connectivity index (χ2n) is 3.06. The van der Waals surface area contributed by atoms with E-state index in [1.807, 2.05) is 30.3 Å². The van der Waals surface area contributed by atoms with Crippen molar-refractivity contribution in [3.05, 3.63) is 35.4 Å². The molecule has 68 valence electrons. The Morgan fingerprint density at radius 3 is 2.86 bits per heavy atom. The van der Waals surface area contributed by atoms with Crippen LogP contribution in [0.15, 0.2) is 35.0 Å². The number of benzene rings is 2. The third kappa shape index (κ3) is 0.992. The highest BCUT2D eigenvalue weighted by Gasteiger charge is 2.05. The van der Waals surface area contributed by atoms with Gasteiger partial charge in [0.2, 0.25) is 0 Å². The van der Waals surface area contributed by atoms with E-state index in [9.17, 15) is 0 Å². The summed E-state index contributed by atoms with van der Waals surface area (Å²) in [6.45, 7) is 0. The molecule has 1 aromatic heterocycles. The van der Waals surface area contributed by atoms with E-state index < -0.39 is 0 Å². The predicted molar refractivity (Wildman–Crippen MR) is 54.3 cm³/mol. The van der Waals surface area contributed by atoms with Crippen LogP contribution in [0.2, 0.25) is 5.02 Å². The van der Waals surface area contributed by atoms with Crippen LogP contribution in [0, 0.1) is 0 Å². The largest absolute Gasteiger partial charge is 0.243 e. The molecule has 0 spiro atoms. The van der Waals surface area contributed by atoms with Gasteiger partial charge < -0.3 is 0 Å². The first kappa shape index (κ1) is 7.76. The van der Waals surface area contributed by atoms with Crippen LogP contribution in [0.1, 0.15) is 0 Å². The van der Waals surface area contributed by atoms with Gasteiger partial charge in [-0.1, -0.05) is 23.7 Å². The van der Waals surface area contributed by atoms with Crippen molar-refractivity contribution in [2.24, 2.45) is 0 Å². The molecule has 3 nitrogen and oxygen atoms in total. The molecule has 14 heavy (non-hydrogen) atoms. The molecule has 0 saturated heterocycles. The van der Waals surface area contributed by atoms with E-state index in [0.29, 0.717) is 5.02 Å². The summed E-state index contributed by atoms with van der Waals surface area (Å²) in [5.74, 6) is 0. The molecule has 0 unspecified atom stereocenters. The van der Waals surface area contributed by atoms with Gasteiger partial charge in [-0.25, -0.2) is 4.63 Å². The molecule has 0 aliphatic heterocycles. The Morgan fingerprint density at radius 1 is 1.07 bits per heavy atom. The maximum Gasteiger partial charge on any atom is 0.143 e. The molecule has 0 aliphatic rings. The average molecular weight is 205 g/mol. The number of hydrogen-bond donors (Lipinski definition) is 0.